The first-order valence-corrected chi connectivity index (χ1v) is 12.6. The van der Waals surface area contributed by atoms with Crippen molar-refractivity contribution in [1.82, 2.24) is 14.9 Å². The molecule has 2 heterocycles. The third kappa shape index (κ3) is 7.64. The molecular weight excluding hydrogens is 450 g/mol. The molecule has 0 fully saturated rings. The minimum Gasteiger partial charge on any atom is -0.463 e. The van der Waals surface area contributed by atoms with E-state index in [0.717, 1.165) is 28.5 Å². The van der Waals surface area contributed by atoms with Gasteiger partial charge >= 0.3 is 5.97 Å². The Balaban J connectivity index is 1.88. The summed E-state index contributed by atoms with van der Waals surface area (Å²) < 4.78 is 13.9. The summed E-state index contributed by atoms with van der Waals surface area (Å²) in [6.07, 6.45) is 1.49. The van der Waals surface area contributed by atoms with E-state index >= 15 is 0 Å². The summed E-state index contributed by atoms with van der Waals surface area (Å²) in [7, 11) is 0. The number of nitrogens with zero attached hydrogens (tertiary/aromatic N) is 2. The van der Waals surface area contributed by atoms with Crippen molar-refractivity contribution in [2.45, 2.75) is 59.8 Å². The third-order valence-corrected chi connectivity index (χ3v) is 5.99. The van der Waals surface area contributed by atoms with Crippen LogP contribution >= 0.6 is 0 Å². The molecule has 6 heteroatoms. The summed E-state index contributed by atoms with van der Waals surface area (Å²) in [5, 5.41) is 3.45. The molecule has 6 nitrogen and oxygen atoms in total. The fourth-order valence-corrected chi connectivity index (χ4v) is 4.34. The SMILES string of the molecule is C=CCO[C@@H](CNCc1ccccc1)[C@H](Cc1cc(C)cc(-n2c(C)ccc2C)n1)C(=O)OC(C)C. The van der Waals surface area contributed by atoms with Gasteiger partial charge in [0.05, 0.1) is 24.7 Å². The van der Waals surface area contributed by atoms with Crippen LogP contribution in [-0.2, 0) is 27.2 Å². The van der Waals surface area contributed by atoms with Gasteiger partial charge in [-0.3, -0.25) is 4.79 Å². The van der Waals surface area contributed by atoms with E-state index < -0.39 is 12.0 Å². The molecule has 1 aromatic carbocycles. The minimum absolute atomic E-state index is 0.219. The highest BCUT2D eigenvalue weighted by Crippen LogP contribution is 2.21. The van der Waals surface area contributed by atoms with Gasteiger partial charge in [0.25, 0.3) is 0 Å². The molecule has 0 amide bonds. The summed E-state index contributed by atoms with van der Waals surface area (Å²) in [5.74, 6) is 0.0510. The number of esters is 1. The van der Waals surface area contributed by atoms with E-state index in [4.69, 9.17) is 14.5 Å². The van der Waals surface area contributed by atoms with E-state index in [0.29, 0.717) is 26.1 Å². The molecule has 2 atom stereocenters. The van der Waals surface area contributed by atoms with Crippen molar-refractivity contribution in [3.05, 3.63) is 95.5 Å². The van der Waals surface area contributed by atoms with Crippen molar-refractivity contribution in [3.8, 4) is 5.82 Å². The first-order valence-electron chi connectivity index (χ1n) is 12.6. The summed E-state index contributed by atoms with van der Waals surface area (Å²) in [6, 6.07) is 18.4. The molecular formula is C30H39N3O3. The number of carbonyl (C=O) groups excluding carboxylic acids is 1. The lowest BCUT2D eigenvalue weighted by molar-refractivity contribution is -0.157. The number of aromatic nitrogens is 2. The number of carbonyl (C=O) groups is 1. The van der Waals surface area contributed by atoms with Crippen molar-refractivity contribution < 1.29 is 14.3 Å². The van der Waals surface area contributed by atoms with Gasteiger partial charge in [0.1, 0.15) is 5.82 Å². The number of ether oxygens (including phenoxy) is 2. The van der Waals surface area contributed by atoms with Crippen LogP contribution in [0.25, 0.3) is 5.82 Å². The molecule has 0 aliphatic carbocycles. The number of benzene rings is 1. The fraction of sp³-hybridized carbons (Fsp3) is 0.400. The molecule has 0 radical (unpaired) electrons. The second-order valence-electron chi connectivity index (χ2n) is 9.52. The maximum Gasteiger partial charge on any atom is 0.312 e. The molecule has 0 aliphatic heterocycles. The molecule has 2 aromatic heterocycles. The van der Waals surface area contributed by atoms with E-state index in [2.05, 4.69) is 67.6 Å². The first-order chi connectivity index (χ1) is 17.3. The van der Waals surface area contributed by atoms with E-state index in [1.807, 2.05) is 38.1 Å². The fourth-order valence-electron chi connectivity index (χ4n) is 4.34. The van der Waals surface area contributed by atoms with E-state index in [1.54, 1.807) is 6.08 Å². The second kappa shape index (κ2) is 13.2. The second-order valence-corrected chi connectivity index (χ2v) is 9.52. The van der Waals surface area contributed by atoms with Gasteiger partial charge in [-0.15, -0.1) is 6.58 Å². The number of nitrogens with one attached hydrogen (secondary N) is 1. The zero-order valence-corrected chi connectivity index (χ0v) is 22.2. The highest BCUT2D eigenvalue weighted by molar-refractivity contribution is 5.73. The van der Waals surface area contributed by atoms with Gasteiger partial charge in [-0.2, -0.15) is 0 Å². The first kappa shape index (κ1) is 27.4. The number of aryl methyl sites for hydroxylation is 3. The van der Waals surface area contributed by atoms with Crippen LogP contribution in [0.4, 0.5) is 0 Å². The zero-order valence-electron chi connectivity index (χ0n) is 22.2. The molecule has 0 saturated carbocycles. The van der Waals surface area contributed by atoms with E-state index in [1.165, 1.54) is 5.56 Å². The number of rotatable bonds is 13. The van der Waals surface area contributed by atoms with Gasteiger partial charge < -0.3 is 19.4 Å². The van der Waals surface area contributed by atoms with Gasteiger partial charge in [-0.05, 0) is 70.0 Å². The smallest absolute Gasteiger partial charge is 0.312 e. The summed E-state index contributed by atoms with van der Waals surface area (Å²) in [4.78, 5) is 18.3. The van der Waals surface area contributed by atoms with Crippen molar-refractivity contribution in [2.75, 3.05) is 13.2 Å². The van der Waals surface area contributed by atoms with E-state index in [9.17, 15) is 4.79 Å². The Hall–Kier alpha value is -3.22. The van der Waals surface area contributed by atoms with Crippen LogP contribution in [0.5, 0.6) is 0 Å². The Kier molecular flexibility index (Phi) is 10.0. The molecule has 0 saturated heterocycles. The van der Waals surface area contributed by atoms with Crippen LogP contribution in [0.15, 0.2) is 67.3 Å². The molecule has 3 aromatic rings. The average Bonchev–Trinajstić information content (AvgIpc) is 3.17. The lowest BCUT2D eigenvalue weighted by atomic mass is 9.95. The maximum absolute atomic E-state index is 13.3. The third-order valence-electron chi connectivity index (χ3n) is 5.99. The average molecular weight is 490 g/mol. The quantitative estimate of drug-likeness (QED) is 0.262. The Labute approximate surface area is 215 Å². The monoisotopic (exact) mass is 489 g/mol. The molecule has 3 rings (SSSR count). The highest BCUT2D eigenvalue weighted by atomic mass is 16.5. The van der Waals surface area contributed by atoms with Crippen LogP contribution < -0.4 is 5.32 Å². The summed E-state index contributed by atoms with van der Waals surface area (Å²) >= 11 is 0. The largest absolute Gasteiger partial charge is 0.463 e. The van der Waals surface area contributed by atoms with Crippen molar-refractivity contribution >= 4 is 5.97 Å². The Morgan fingerprint density at radius 2 is 1.78 bits per heavy atom. The van der Waals surface area contributed by atoms with Crippen LogP contribution in [-0.4, -0.2) is 40.9 Å². The van der Waals surface area contributed by atoms with Gasteiger partial charge in [-0.25, -0.2) is 4.98 Å². The van der Waals surface area contributed by atoms with E-state index in [-0.39, 0.29) is 12.1 Å². The van der Waals surface area contributed by atoms with Crippen LogP contribution in [0.2, 0.25) is 0 Å². The van der Waals surface area contributed by atoms with Crippen LogP contribution in [0.3, 0.4) is 0 Å². The Morgan fingerprint density at radius 1 is 1.08 bits per heavy atom. The molecule has 192 valence electrons. The number of pyridine rings is 1. The van der Waals surface area contributed by atoms with Gasteiger partial charge in [0.15, 0.2) is 0 Å². The van der Waals surface area contributed by atoms with Crippen LogP contribution in [0, 0.1) is 26.7 Å². The van der Waals surface area contributed by atoms with Crippen molar-refractivity contribution in [1.29, 1.82) is 0 Å². The Morgan fingerprint density at radius 3 is 2.42 bits per heavy atom. The zero-order chi connectivity index (χ0) is 26.1. The molecule has 0 aliphatic rings. The highest BCUT2D eigenvalue weighted by Gasteiger charge is 2.32. The predicted molar refractivity (Wildman–Crippen MR) is 144 cm³/mol. The standard InChI is InChI=1S/C30H39N3O3/c1-7-15-35-28(20-31-19-25-11-9-8-10-12-25)27(30(34)36-21(2)3)18-26-16-22(4)17-29(32-26)33-23(5)13-14-24(33)6/h7-14,16-17,21,27-28,31H,1,15,18-20H2,2-6H3/t27-,28-/m0/s1. The van der Waals surface area contributed by atoms with Gasteiger partial charge in [0.2, 0.25) is 0 Å². The lowest BCUT2D eigenvalue weighted by Crippen LogP contribution is -2.41. The topological polar surface area (TPSA) is 65.4 Å². The van der Waals surface area contributed by atoms with Crippen molar-refractivity contribution in [2.24, 2.45) is 5.92 Å². The number of hydrogen-bond acceptors (Lipinski definition) is 5. The van der Waals surface area contributed by atoms with Gasteiger partial charge in [0, 0.05) is 36.6 Å². The summed E-state index contributed by atoms with van der Waals surface area (Å²) in [5.41, 5.74) is 5.32. The molecule has 36 heavy (non-hydrogen) atoms. The van der Waals surface area contributed by atoms with Crippen LogP contribution in [0.1, 0.15) is 42.1 Å². The molecule has 0 spiro atoms. The predicted octanol–water partition coefficient (Wildman–Crippen LogP) is 5.27. The summed E-state index contributed by atoms with van der Waals surface area (Å²) in [6.45, 7) is 15.2. The normalized spacial score (nSPS) is 12.9. The maximum atomic E-state index is 13.3. The molecule has 0 bridgehead atoms. The molecule has 1 N–H and O–H groups in total. The van der Waals surface area contributed by atoms with Gasteiger partial charge in [-0.1, -0.05) is 36.4 Å². The lowest BCUT2D eigenvalue weighted by Gasteiger charge is -2.27. The van der Waals surface area contributed by atoms with Crippen molar-refractivity contribution in [3.63, 3.8) is 0 Å². The molecule has 0 unspecified atom stereocenters. The number of hydrogen-bond donors (Lipinski definition) is 1. The minimum atomic E-state index is -0.523. The Bertz CT molecular complexity index is 1120.